The van der Waals surface area contributed by atoms with Crippen molar-refractivity contribution >= 4 is 35.1 Å². The molecule has 1 N–H and O–H groups in total. The zero-order valence-corrected chi connectivity index (χ0v) is 12.9. The summed E-state index contributed by atoms with van der Waals surface area (Å²) in [6.45, 7) is 1.17. The Bertz CT molecular complexity index is 551. The molecule has 1 fully saturated rings. The van der Waals surface area contributed by atoms with Crippen LogP contribution in [0.2, 0.25) is 10.2 Å². The van der Waals surface area contributed by atoms with Gasteiger partial charge in [0.05, 0.1) is 5.02 Å². The van der Waals surface area contributed by atoms with Gasteiger partial charge in [0.1, 0.15) is 10.8 Å². The number of carbonyl (C=O) groups excluding carboxylic acids is 1. The fourth-order valence-electron chi connectivity index (χ4n) is 2.53. The Morgan fingerprint density at radius 2 is 2.14 bits per heavy atom. The van der Waals surface area contributed by atoms with Gasteiger partial charge in [0.2, 0.25) is 0 Å². The van der Waals surface area contributed by atoms with Crippen molar-refractivity contribution < 1.29 is 14.7 Å². The maximum Gasteiger partial charge on any atom is 0.303 e. The third-order valence-corrected chi connectivity index (χ3v) is 4.10. The normalized spacial score (nSPS) is 18.6. The average Bonchev–Trinajstić information content (AvgIpc) is 2.47. The lowest BCUT2D eigenvalue weighted by Gasteiger charge is -2.32. The van der Waals surface area contributed by atoms with E-state index in [-0.39, 0.29) is 34.1 Å². The molecule has 0 aromatic carbocycles. The summed E-state index contributed by atoms with van der Waals surface area (Å²) in [5.74, 6) is -0.850. The van der Waals surface area contributed by atoms with Gasteiger partial charge < -0.3 is 10.0 Å². The number of hydrogen-bond acceptors (Lipinski definition) is 3. The van der Waals surface area contributed by atoms with Crippen molar-refractivity contribution in [2.45, 2.75) is 25.7 Å². The van der Waals surface area contributed by atoms with Crippen LogP contribution in [-0.2, 0) is 4.79 Å². The van der Waals surface area contributed by atoms with Gasteiger partial charge in [-0.25, -0.2) is 4.98 Å². The lowest BCUT2D eigenvalue weighted by molar-refractivity contribution is -0.137. The minimum atomic E-state index is -0.807. The van der Waals surface area contributed by atoms with Gasteiger partial charge >= 0.3 is 5.97 Å². The molecule has 0 radical (unpaired) electrons. The van der Waals surface area contributed by atoms with Crippen LogP contribution < -0.4 is 0 Å². The number of rotatable bonds is 4. The molecule has 1 saturated heterocycles. The molecule has 1 amide bonds. The summed E-state index contributed by atoms with van der Waals surface area (Å²) in [6, 6.07) is 3.09. The number of pyridine rings is 1. The standard InChI is InChI=1S/C14H16Cl2N2O3/c15-10-4-5-11(16)17-13(10)14(21)18-7-1-2-9(8-18)3-6-12(19)20/h4-5,9H,1-3,6-8H2,(H,19,20). The van der Waals surface area contributed by atoms with E-state index < -0.39 is 5.97 Å². The average molecular weight is 331 g/mol. The summed E-state index contributed by atoms with van der Waals surface area (Å²) in [6.07, 6.45) is 2.50. The molecule has 2 heterocycles. The zero-order chi connectivity index (χ0) is 15.4. The molecule has 1 aliphatic heterocycles. The Hall–Kier alpha value is -1.33. The highest BCUT2D eigenvalue weighted by molar-refractivity contribution is 6.34. The number of amides is 1. The Labute approximate surface area is 132 Å². The summed E-state index contributed by atoms with van der Waals surface area (Å²) in [5.41, 5.74) is 0.156. The van der Waals surface area contributed by atoms with Gasteiger partial charge in [-0.2, -0.15) is 0 Å². The molecule has 2 rings (SSSR count). The summed E-state index contributed by atoms with van der Waals surface area (Å²) in [7, 11) is 0. The summed E-state index contributed by atoms with van der Waals surface area (Å²) < 4.78 is 0. The van der Waals surface area contributed by atoms with E-state index in [0.717, 1.165) is 12.8 Å². The molecule has 1 aromatic rings. The number of aromatic nitrogens is 1. The van der Waals surface area contributed by atoms with Crippen LogP contribution in [0.15, 0.2) is 12.1 Å². The second-order valence-electron chi connectivity index (χ2n) is 5.16. The molecule has 0 bridgehead atoms. The first-order valence-electron chi connectivity index (χ1n) is 6.80. The summed E-state index contributed by atoms with van der Waals surface area (Å²) >= 11 is 11.8. The molecule has 0 spiro atoms. The first-order valence-corrected chi connectivity index (χ1v) is 7.56. The molecule has 0 aliphatic carbocycles. The van der Waals surface area contributed by atoms with Crippen molar-refractivity contribution in [1.82, 2.24) is 9.88 Å². The van der Waals surface area contributed by atoms with Crippen LogP contribution in [0, 0.1) is 5.92 Å². The predicted molar refractivity (Wildman–Crippen MR) is 79.8 cm³/mol. The van der Waals surface area contributed by atoms with Crippen LogP contribution in [0.4, 0.5) is 0 Å². The minimum Gasteiger partial charge on any atom is -0.481 e. The largest absolute Gasteiger partial charge is 0.481 e. The molecule has 21 heavy (non-hydrogen) atoms. The van der Waals surface area contributed by atoms with Crippen LogP contribution in [0.25, 0.3) is 0 Å². The fourth-order valence-corrected chi connectivity index (χ4v) is 2.86. The Balaban J connectivity index is 2.05. The van der Waals surface area contributed by atoms with Crippen molar-refractivity contribution in [2.75, 3.05) is 13.1 Å². The van der Waals surface area contributed by atoms with E-state index >= 15 is 0 Å². The monoisotopic (exact) mass is 330 g/mol. The van der Waals surface area contributed by atoms with Crippen LogP contribution in [0.1, 0.15) is 36.2 Å². The number of nitrogens with zero attached hydrogens (tertiary/aromatic N) is 2. The van der Waals surface area contributed by atoms with Crippen molar-refractivity contribution in [3.63, 3.8) is 0 Å². The van der Waals surface area contributed by atoms with Crippen LogP contribution in [0.5, 0.6) is 0 Å². The Kier molecular flexibility index (Phi) is 5.42. The highest BCUT2D eigenvalue weighted by Gasteiger charge is 2.26. The number of hydrogen-bond donors (Lipinski definition) is 1. The van der Waals surface area contributed by atoms with Gasteiger partial charge in [-0.15, -0.1) is 0 Å². The number of halogens is 2. The van der Waals surface area contributed by atoms with Gasteiger partial charge in [-0.1, -0.05) is 23.2 Å². The van der Waals surface area contributed by atoms with E-state index in [1.165, 1.54) is 6.07 Å². The smallest absolute Gasteiger partial charge is 0.303 e. The van der Waals surface area contributed by atoms with Crippen molar-refractivity contribution in [2.24, 2.45) is 5.92 Å². The van der Waals surface area contributed by atoms with E-state index in [2.05, 4.69) is 4.98 Å². The topological polar surface area (TPSA) is 70.5 Å². The minimum absolute atomic E-state index is 0.128. The van der Waals surface area contributed by atoms with Crippen LogP contribution in [0.3, 0.4) is 0 Å². The number of piperidine rings is 1. The van der Waals surface area contributed by atoms with Crippen molar-refractivity contribution in [3.05, 3.63) is 28.0 Å². The SMILES string of the molecule is O=C(O)CCC1CCCN(C(=O)c2nc(Cl)ccc2Cl)C1. The number of aliphatic carboxylic acids is 1. The molecule has 1 unspecified atom stereocenters. The van der Waals surface area contributed by atoms with Crippen molar-refractivity contribution in [3.8, 4) is 0 Å². The van der Waals surface area contributed by atoms with Gasteiger partial charge in [-0.3, -0.25) is 9.59 Å². The second kappa shape index (κ2) is 7.09. The molecule has 1 atom stereocenters. The van der Waals surface area contributed by atoms with Crippen molar-refractivity contribution in [1.29, 1.82) is 0 Å². The molecule has 0 saturated carbocycles. The van der Waals surface area contributed by atoms with E-state index in [0.29, 0.717) is 19.5 Å². The molecule has 5 nitrogen and oxygen atoms in total. The zero-order valence-electron chi connectivity index (χ0n) is 11.4. The first kappa shape index (κ1) is 16.0. The highest BCUT2D eigenvalue weighted by Crippen LogP contribution is 2.24. The molecule has 114 valence electrons. The number of carboxylic acid groups (broad SMARTS) is 1. The molecular formula is C14H16Cl2N2O3. The number of likely N-dealkylation sites (tertiary alicyclic amines) is 1. The molecule has 1 aliphatic rings. The Morgan fingerprint density at radius 3 is 2.86 bits per heavy atom. The third-order valence-electron chi connectivity index (χ3n) is 3.59. The summed E-state index contributed by atoms with van der Waals surface area (Å²) in [4.78, 5) is 28.8. The first-order chi connectivity index (χ1) is 9.97. The van der Waals surface area contributed by atoms with Gasteiger partial charge in [-0.05, 0) is 37.3 Å². The molecule has 7 heteroatoms. The van der Waals surface area contributed by atoms with Gasteiger partial charge in [0.15, 0.2) is 0 Å². The fraction of sp³-hybridized carbons (Fsp3) is 0.500. The second-order valence-corrected chi connectivity index (χ2v) is 5.95. The Morgan fingerprint density at radius 1 is 1.38 bits per heavy atom. The van der Waals surface area contributed by atoms with E-state index in [1.807, 2.05) is 0 Å². The third kappa shape index (κ3) is 4.32. The number of carbonyl (C=O) groups is 2. The van der Waals surface area contributed by atoms with Crippen LogP contribution >= 0.6 is 23.2 Å². The summed E-state index contributed by atoms with van der Waals surface area (Å²) in [5, 5.41) is 9.24. The van der Waals surface area contributed by atoms with Gasteiger partial charge in [0, 0.05) is 19.5 Å². The van der Waals surface area contributed by atoms with Gasteiger partial charge in [0.25, 0.3) is 5.91 Å². The lowest BCUT2D eigenvalue weighted by atomic mass is 9.93. The highest BCUT2D eigenvalue weighted by atomic mass is 35.5. The van der Waals surface area contributed by atoms with E-state index in [9.17, 15) is 9.59 Å². The maximum absolute atomic E-state index is 12.5. The quantitative estimate of drug-likeness (QED) is 0.861. The molecule has 1 aromatic heterocycles. The van der Waals surface area contributed by atoms with Crippen LogP contribution in [-0.4, -0.2) is 40.0 Å². The van der Waals surface area contributed by atoms with E-state index in [4.69, 9.17) is 28.3 Å². The lowest BCUT2D eigenvalue weighted by Crippen LogP contribution is -2.40. The van der Waals surface area contributed by atoms with E-state index in [1.54, 1.807) is 11.0 Å². The predicted octanol–water partition coefficient (Wildman–Crippen LogP) is 3.11. The molecular weight excluding hydrogens is 315 g/mol. The number of carboxylic acids is 1. The maximum atomic E-state index is 12.5.